The summed E-state index contributed by atoms with van der Waals surface area (Å²) >= 11 is 0. The van der Waals surface area contributed by atoms with E-state index in [1.54, 1.807) is 6.07 Å². The summed E-state index contributed by atoms with van der Waals surface area (Å²) in [6.07, 6.45) is 9.21. The van der Waals surface area contributed by atoms with Crippen LogP contribution >= 0.6 is 0 Å². The molecule has 8 nitrogen and oxygen atoms in total. The Labute approximate surface area is 184 Å². The minimum absolute atomic E-state index is 0.126. The van der Waals surface area contributed by atoms with Crippen molar-refractivity contribution in [3.8, 4) is 5.75 Å². The molecule has 0 bridgehead atoms. The van der Waals surface area contributed by atoms with Gasteiger partial charge in [0.15, 0.2) is 6.61 Å². The van der Waals surface area contributed by atoms with Crippen LogP contribution in [-0.2, 0) is 19.6 Å². The highest BCUT2D eigenvalue weighted by atomic mass is 32.2. The van der Waals surface area contributed by atoms with Crippen LogP contribution in [0, 0.1) is 0 Å². The fourth-order valence-corrected chi connectivity index (χ4v) is 6.15. The minimum atomic E-state index is -3.65. The highest BCUT2D eigenvalue weighted by Crippen LogP contribution is 2.35. The molecule has 4 rings (SSSR count). The second kappa shape index (κ2) is 9.56. The first-order valence-electron chi connectivity index (χ1n) is 11.3. The van der Waals surface area contributed by atoms with Gasteiger partial charge in [-0.15, -0.1) is 0 Å². The molecule has 170 valence electrons. The van der Waals surface area contributed by atoms with Crippen molar-refractivity contribution in [1.29, 1.82) is 0 Å². The zero-order valence-electron chi connectivity index (χ0n) is 17.8. The number of rotatable bonds is 5. The van der Waals surface area contributed by atoms with Crippen molar-refractivity contribution in [2.75, 3.05) is 31.1 Å². The highest BCUT2D eigenvalue weighted by molar-refractivity contribution is 7.89. The predicted molar refractivity (Wildman–Crippen MR) is 117 cm³/mol. The van der Waals surface area contributed by atoms with Gasteiger partial charge in [-0.1, -0.05) is 32.1 Å². The number of carbonyl (C=O) groups excluding carboxylic acids is 2. The van der Waals surface area contributed by atoms with Crippen LogP contribution in [0.2, 0.25) is 0 Å². The van der Waals surface area contributed by atoms with Gasteiger partial charge in [0.25, 0.3) is 5.91 Å². The lowest BCUT2D eigenvalue weighted by Gasteiger charge is -2.31. The Hall–Kier alpha value is -2.13. The molecule has 1 aliphatic carbocycles. The van der Waals surface area contributed by atoms with Gasteiger partial charge in [-0.25, -0.2) is 8.42 Å². The smallest absolute Gasteiger partial charge is 0.265 e. The molecule has 0 radical (unpaired) electrons. The molecule has 2 aliphatic heterocycles. The largest absolute Gasteiger partial charge is 0.482 e. The molecule has 31 heavy (non-hydrogen) atoms. The number of piperidine rings is 1. The number of nitrogens with zero attached hydrogens (tertiary/aromatic N) is 2. The van der Waals surface area contributed by atoms with E-state index in [9.17, 15) is 18.0 Å². The van der Waals surface area contributed by atoms with E-state index in [1.165, 1.54) is 34.2 Å². The maximum Gasteiger partial charge on any atom is 0.265 e. The number of ether oxygens (including phenoxy) is 1. The molecule has 0 atom stereocenters. The summed E-state index contributed by atoms with van der Waals surface area (Å²) in [4.78, 5) is 26.7. The van der Waals surface area contributed by atoms with E-state index in [0.717, 1.165) is 44.9 Å². The van der Waals surface area contributed by atoms with Crippen LogP contribution in [-0.4, -0.2) is 56.8 Å². The number of nitrogens with one attached hydrogen (secondary N) is 1. The lowest BCUT2D eigenvalue weighted by atomic mass is 10.1. The Kier molecular flexibility index (Phi) is 6.81. The third-order valence-electron chi connectivity index (χ3n) is 6.35. The van der Waals surface area contributed by atoms with Crippen LogP contribution < -0.4 is 15.0 Å². The summed E-state index contributed by atoms with van der Waals surface area (Å²) in [5, 5.41) is 3.05. The van der Waals surface area contributed by atoms with Gasteiger partial charge in [-0.2, -0.15) is 4.31 Å². The molecule has 1 aromatic carbocycles. The number of benzene rings is 1. The van der Waals surface area contributed by atoms with Crippen molar-refractivity contribution in [3.63, 3.8) is 0 Å². The lowest BCUT2D eigenvalue weighted by Crippen LogP contribution is -2.47. The Morgan fingerprint density at radius 2 is 1.71 bits per heavy atom. The Morgan fingerprint density at radius 1 is 1.03 bits per heavy atom. The van der Waals surface area contributed by atoms with Crippen molar-refractivity contribution >= 4 is 27.5 Å². The molecule has 1 saturated heterocycles. The maximum atomic E-state index is 13.1. The normalized spacial score (nSPS) is 21.2. The molecule has 1 saturated carbocycles. The first kappa shape index (κ1) is 22.1. The molecule has 1 N–H and O–H groups in total. The predicted octanol–water partition coefficient (Wildman–Crippen LogP) is 2.43. The zero-order valence-corrected chi connectivity index (χ0v) is 18.7. The molecule has 0 unspecified atom stereocenters. The average Bonchev–Trinajstić information content (AvgIpc) is 3.04. The number of sulfonamides is 1. The summed E-state index contributed by atoms with van der Waals surface area (Å²) < 4.78 is 33.2. The van der Waals surface area contributed by atoms with Crippen molar-refractivity contribution in [2.45, 2.75) is 68.7 Å². The van der Waals surface area contributed by atoms with Crippen molar-refractivity contribution < 1.29 is 22.7 Å². The summed E-state index contributed by atoms with van der Waals surface area (Å²) in [5.41, 5.74) is 0.338. The molecule has 2 heterocycles. The van der Waals surface area contributed by atoms with Crippen molar-refractivity contribution in [1.82, 2.24) is 9.62 Å². The maximum absolute atomic E-state index is 13.1. The number of amides is 2. The second-order valence-corrected chi connectivity index (χ2v) is 10.6. The molecule has 2 amide bonds. The first-order valence-corrected chi connectivity index (χ1v) is 12.8. The monoisotopic (exact) mass is 449 g/mol. The summed E-state index contributed by atoms with van der Waals surface area (Å²) in [7, 11) is -3.65. The van der Waals surface area contributed by atoms with Crippen LogP contribution in [0.25, 0.3) is 0 Å². The number of hydrogen-bond acceptors (Lipinski definition) is 5. The van der Waals surface area contributed by atoms with Gasteiger partial charge in [-0.05, 0) is 43.9 Å². The molecule has 2 fully saturated rings. The second-order valence-electron chi connectivity index (χ2n) is 8.62. The number of hydrogen-bond donors (Lipinski definition) is 1. The zero-order chi connectivity index (χ0) is 21.8. The summed E-state index contributed by atoms with van der Waals surface area (Å²) in [5.74, 6) is -0.159. The highest BCUT2D eigenvalue weighted by Gasteiger charge is 2.32. The number of fused-ring (bicyclic) bond motifs is 1. The van der Waals surface area contributed by atoms with E-state index in [4.69, 9.17) is 4.74 Å². The first-order chi connectivity index (χ1) is 14.9. The minimum Gasteiger partial charge on any atom is -0.482 e. The van der Waals surface area contributed by atoms with Gasteiger partial charge in [0.2, 0.25) is 15.9 Å². The Balaban J connectivity index is 1.53. The van der Waals surface area contributed by atoms with E-state index >= 15 is 0 Å². The van der Waals surface area contributed by atoms with Crippen LogP contribution in [0.4, 0.5) is 5.69 Å². The number of anilines is 1. The average molecular weight is 450 g/mol. The van der Waals surface area contributed by atoms with Crippen LogP contribution in [0.15, 0.2) is 23.1 Å². The third kappa shape index (κ3) is 5.03. The van der Waals surface area contributed by atoms with Crippen molar-refractivity contribution in [2.24, 2.45) is 0 Å². The molecule has 1 aromatic rings. The van der Waals surface area contributed by atoms with Gasteiger partial charge in [0.05, 0.1) is 10.6 Å². The van der Waals surface area contributed by atoms with Crippen LogP contribution in [0.1, 0.15) is 57.8 Å². The van der Waals surface area contributed by atoms with Crippen molar-refractivity contribution in [3.05, 3.63) is 18.2 Å². The molecular weight excluding hydrogens is 418 g/mol. The molecule has 0 spiro atoms. The van der Waals surface area contributed by atoms with Crippen LogP contribution in [0.5, 0.6) is 5.75 Å². The molecule has 9 heteroatoms. The quantitative estimate of drug-likeness (QED) is 0.697. The van der Waals surface area contributed by atoms with E-state index in [1.807, 2.05) is 0 Å². The summed E-state index contributed by atoms with van der Waals surface area (Å²) in [6.45, 7) is 0.700. The van der Waals surface area contributed by atoms with Crippen LogP contribution in [0.3, 0.4) is 0 Å². The van der Waals surface area contributed by atoms with Gasteiger partial charge < -0.3 is 10.1 Å². The van der Waals surface area contributed by atoms with E-state index in [0.29, 0.717) is 24.5 Å². The Morgan fingerprint density at radius 3 is 2.42 bits per heavy atom. The lowest BCUT2D eigenvalue weighted by molar-refractivity contribution is -0.125. The van der Waals surface area contributed by atoms with Gasteiger partial charge in [0.1, 0.15) is 12.3 Å². The van der Waals surface area contributed by atoms with E-state index in [2.05, 4.69) is 5.32 Å². The van der Waals surface area contributed by atoms with E-state index in [-0.39, 0.29) is 35.9 Å². The Bertz CT molecular complexity index is 919. The molecular formula is C22H31N3O5S. The molecule has 0 aromatic heterocycles. The fourth-order valence-electron chi connectivity index (χ4n) is 4.61. The summed E-state index contributed by atoms with van der Waals surface area (Å²) in [6, 6.07) is 4.70. The van der Waals surface area contributed by atoms with Gasteiger partial charge in [-0.3, -0.25) is 14.5 Å². The molecule has 3 aliphatic rings. The number of carbonyl (C=O) groups is 2. The SMILES string of the molecule is O=C(CN1C(=O)COc2ccc(S(=O)(=O)N3CCCCC3)cc21)NC1CCCCCC1. The van der Waals surface area contributed by atoms with Gasteiger partial charge >= 0.3 is 0 Å². The van der Waals surface area contributed by atoms with Gasteiger partial charge in [0, 0.05) is 19.1 Å². The fraction of sp³-hybridized carbons (Fsp3) is 0.636. The standard InChI is InChI=1S/C22H31N3O5S/c26-21(23-17-8-4-1-2-5-9-17)15-25-19-14-18(10-11-20(19)30-16-22(25)27)31(28,29)24-12-6-3-7-13-24/h10-11,14,17H,1-9,12-13,15-16H2,(H,23,26). The third-order valence-corrected chi connectivity index (χ3v) is 8.24. The topological polar surface area (TPSA) is 96.0 Å². The van der Waals surface area contributed by atoms with E-state index < -0.39 is 10.0 Å².